The van der Waals surface area contributed by atoms with E-state index in [0.29, 0.717) is 19.7 Å². The molecule has 1 amide bonds. The lowest BCUT2D eigenvalue weighted by Gasteiger charge is -2.28. The molecule has 1 atom stereocenters. The van der Waals surface area contributed by atoms with Crippen LogP contribution in [0, 0.1) is 5.92 Å². The molecule has 0 spiro atoms. The first-order chi connectivity index (χ1) is 11.2. The maximum atomic E-state index is 12.8. The SMILES string of the molecule is CCOC(=O)CCN(Cc1cccnc1)C(=O)[C@H]1CC=CCC1. The van der Waals surface area contributed by atoms with Crippen molar-refractivity contribution in [2.24, 2.45) is 5.92 Å². The lowest BCUT2D eigenvalue weighted by atomic mass is 9.93. The molecule has 1 aromatic rings. The third-order valence-corrected chi connectivity index (χ3v) is 3.92. The second-order valence-corrected chi connectivity index (χ2v) is 5.66. The highest BCUT2D eigenvalue weighted by atomic mass is 16.5. The van der Waals surface area contributed by atoms with Gasteiger partial charge in [-0.2, -0.15) is 0 Å². The van der Waals surface area contributed by atoms with Crippen LogP contribution >= 0.6 is 0 Å². The summed E-state index contributed by atoms with van der Waals surface area (Å²) in [6.07, 6.45) is 10.5. The number of allylic oxidation sites excluding steroid dienone is 2. The fraction of sp³-hybridized carbons (Fsp3) is 0.500. The monoisotopic (exact) mass is 316 g/mol. The summed E-state index contributed by atoms with van der Waals surface area (Å²) in [6, 6.07) is 3.80. The Balaban J connectivity index is 2.02. The van der Waals surface area contributed by atoms with Gasteiger partial charge < -0.3 is 9.64 Å². The predicted octanol–water partition coefficient (Wildman–Crippen LogP) is 2.72. The van der Waals surface area contributed by atoms with Crippen LogP contribution in [0.5, 0.6) is 0 Å². The predicted molar refractivity (Wildman–Crippen MR) is 87.4 cm³/mol. The Bertz CT molecular complexity index is 542. The van der Waals surface area contributed by atoms with E-state index >= 15 is 0 Å². The minimum Gasteiger partial charge on any atom is -0.466 e. The zero-order valence-corrected chi connectivity index (χ0v) is 13.6. The largest absolute Gasteiger partial charge is 0.466 e. The van der Waals surface area contributed by atoms with E-state index in [0.717, 1.165) is 24.8 Å². The van der Waals surface area contributed by atoms with Crippen molar-refractivity contribution in [1.82, 2.24) is 9.88 Å². The average molecular weight is 316 g/mol. The van der Waals surface area contributed by atoms with Gasteiger partial charge in [0.25, 0.3) is 0 Å². The van der Waals surface area contributed by atoms with Crippen LogP contribution in [0.4, 0.5) is 0 Å². The fourth-order valence-corrected chi connectivity index (χ4v) is 2.71. The Labute approximate surface area is 137 Å². The highest BCUT2D eigenvalue weighted by molar-refractivity contribution is 5.80. The van der Waals surface area contributed by atoms with Crippen molar-refractivity contribution in [2.45, 2.75) is 39.2 Å². The molecule has 23 heavy (non-hydrogen) atoms. The van der Waals surface area contributed by atoms with Gasteiger partial charge in [-0.1, -0.05) is 18.2 Å². The van der Waals surface area contributed by atoms with E-state index in [9.17, 15) is 9.59 Å². The maximum absolute atomic E-state index is 12.8. The molecule has 0 unspecified atom stereocenters. The van der Waals surface area contributed by atoms with Crippen LogP contribution in [0.1, 0.15) is 38.2 Å². The molecule has 1 aliphatic rings. The van der Waals surface area contributed by atoms with Gasteiger partial charge in [-0.05, 0) is 37.8 Å². The van der Waals surface area contributed by atoms with Crippen LogP contribution in [-0.2, 0) is 20.9 Å². The number of esters is 1. The number of amides is 1. The molecule has 0 saturated carbocycles. The van der Waals surface area contributed by atoms with Crippen LogP contribution < -0.4 is 0 Å². The Morgan fingerprint density at radius 2 is 2.26 bits per heavy atom. The van der Waals surface area contributed by atoms with Gasteiger partial charge in [-0.25, -0.2) is 0 Å². The number of hydrogen-bond acceptors (Lipinski definition) is 4. The highest BCUT2D eigenvalue weighted by Crippen LogP contribution is 2.21. The Morgan fingerprint density at radius 3 is 2.91 bits per heavy atom. The average Bonchev–Trinajstić information content (AvgIpc) is 2.60. The number of hydrogen-bond donors (Lipinski definition) is 0. The van der Waals surface area contributed by atoms with Gasteiger partial charge in [0, 0.05) is 31.4 Å². The van der Waals surface area contributed by atoms with Crippen molar-refractivity contribution in [2.75, 3.05) is 13.2 Å². The van der Waals surface area contributed by atoms with Crippen LogP contribution in [0.15, 0.2) is 36.7 Å². The molecule has 5 nitrogen and oxygen atoms in total. The van der Waals surface area contributed by atoms with Crippen molar-refractivity contribution >= 4 is 11.9 Å². The van der Waals surface area contributed by atoms with E-state index in [2.05, 4.69) is 17.1 Å². The van der Waals surface area contributed by atoms with Crippen LogP contribution in [-0.4, -0.2) is 34.9 Å². The normalized spacial score (nSPS) is 16.8. The molecule has 0 radical (unpaired) electrons. The van der Waals surface area contributed by atoms with E-state index in [-0.39, 0.29) is 24.2 Å². The molecule has 1 heterocycles. The molecule has 0 aliphatic heterocycles. The van der Waals surface area contributed by atoms with Crippen molar-refractivity contribution in [3.05, 3.63) is 42.2 Å². The van der Waals surface area contributed by atoms with Crippen molar-refractivity contribution in [3.8, 4) is 0 Å². The van der Waals surface area contributed by atoms with Gasteiger partial charge in [-0.3, -0.25) is 14.6 Å². The Kier molecular flexibility index (Phi) is 6.78. The molecular formula is C18H24N2O3. The zero-order chi connectivity index (χ0) is 16.5. The number of pyridine rings is 1. The maximum Gasteiger partial charge on any atom is 0.307 e. The highest BCUT2D eigenvalue weighted by Gasteiger charge is 2.25. The van der Waals surface area contributed by atoms with Crippen LogP contribution in [0.2, 0.25) is 0 Å². The molecule has 0 aromatic carbocycles. The van der Waals surface area contributed by atoms with Gasteiger partial charge in [0.05, 0.1) is 13.0 Å². The number of rotatable bonds is 7. The quantitative estimate of drug-likeness (QED) is 0.573. The first kappa shape index (κ1) is 17.2. The summed E-state index contributed by atoms with van der Waals surface area (Å²) in [6.45, 7) is 3.01. The standard InChI is InChI=1S/C18H24N2O3/c1-2-23-17(21)10-12-20(14-15-7-6-11-19-13-15)18(22)16-8-4-3-5-9-16/h3-4,6-7,11,13,16H,2,5,8-10,12,14H2,1H3/t16-/m0/s1. The number of nitrogens with zero attached hydrogens (tertiary/aromatic N) is 2. The molecule has 124 valence electrons. The summed E-state index contributed by atoms with van der Waals surface area (Å²) in [5.74, 6) is -0.138. The third-order valence-electron chi connectivity index (χ3n) is 3.92. The minimum absolute atomic E-state index is 0.0128. The molecule has 0 bridgehead atoms. The van der Waals surface area contributed by atoms with Gasteiger partial charge in [0.15, 0.2) is 0 Å². The van der Waals surface area contributed by atoms with Crippen LogP contribution in [0.25, 0.3) is 0 Å². The fourth-order valence-electron chi connectivity index (χ4n) is 2.71. The van der Waals surface area contributed by atoms with Crippen LogP contribution in [0.3, 0.4) is 0 Å². The lowest BCUT2D eigenvalue weighted by molar-refractivity contribution is -0.144. The van der Waals surface area contributed by atoms with E-state index in [4.69, 9.17) is 4.74 Å². The molecule has 1 aromatic heterocycles. The second kappa shape index (κ2) is 9.08. The Hall–Kier alpha value is -2.17. The molecule has 2 rings (SSSR count). The van der Waals surface area contributed by atoms with Crippen molar-refractivity contribution in [3.63, 3.8) is 0 Å². The smallest absolute Gasteiger partial charge is 0.307 e. The molecule has 0 N–H and O–H groups in total. The summed E-state index contributed by atoms with van der Waals surface area (Å²) in [4.78, 5) is 30.3. The second-order valence-electron chi connectivity index (χ2n) is 5.66. The molecule has 0 saturated heterocycles. The first-order valence-corrected chi connectivity index (χ1v) is 8.19. The summed E-state index contributed by atoms with van der Waals surface area (Å²) in [5.41, 5.74) is 0.969. The molecular weight excluding hydrogens is 292 g/mol. The number of ether oxygens (including phenoxy) is 1. The van der Waals surface area contributed by atoms with Gasteiger partial charge in [0.1, 0.15) is 0 Å². The van der Waals surface area contributed by atoms with E-state index in [1.807, 2.05) is 12.1 Å². The Morgan fingerprint density at radius 1 is 1.39 bits per heavy atom. The van der Waals surface area contributed by atoms with E-state index in [1.54, 1.807) is 24.2 Å². The van der Waals surface area contributed by atoms with Gasteiger partial charge in [0.2, 0.25) is 5.91 Å². The lowest BCUT2D eigenvalue weighted by Crippen LogP contribution is -2.37. The summed E-state index contributed by atoms with van der Waals surface area (Å²) in [5, 5.41) is 0. The number of carbonyl (C=O) groups excluding carboxylic acids is 2. The third kappa shape index (κ3) is 5.51. The van der Waals surface area contributed by atoms with E-state index in [1.165, 1.54) is 0 Å². The number of carbonyl (C=O) groups is 2. The molecule has 0 fully saturated rings. The van der Waals surface area contributed by atoms with E-state index < -0.39 is 0 Å². The summed E-state index contributed by atoms with van der Waals surface area (Å²) in [7, 11) is 0. The minimum atomic E-state index is -0.264. The number of aromatic nitrogens is 1. The summed E-state index contributed by atoms with van der Waals surface area (Å²) >= 11 is 0. The molecule has 1 aliphatic carbocycles. The first-order valence-electron chi connectivity index (χ1n) is 8.19. The van der Waals surface area contributed by atoms with Crippen molar-refractivity contribution < 1.29 is 14.3 Å². The van der Waals surface area contributed by atoms with Crippen molar-refractivity contribution in [1.29, 1.82) is 0 Å². The topological polar surface area (TPSA) is 59.5 Å². The zero-order valence-electron chi connectivity index (χ0n) is 13.6. The summed E-state index contributed by atoms with van der Waals surface area (Å²) < 4.78 is 4.97. The molecule has 5 heteroatoms. The van der Waals surface area contributed by atoms with Gasteiger partial charge in [-0.15, -0.1) is 0 Å². The van der Waals surface area contributed by atoms with Gasteiger partial charge >= 0.3 is 5.97 Å².